The third-order valence-electron chi connectivity index (χ3n) is 3.50. The number of hydrogen-bond acceptors (Lipinski definition) is 5. The molecule has 8 heteroatoms. The molecular weight excluding hydrogens is 292 g/mol. The number of nitrogens with zero attached hydrogens (tertiary/aromatic N) is 3. The smallest absolute Gasteiger partial charge is 0.246 e. The predicted octanol–water partition coefficient (Wildman–Crippen LogP) is 0.292. The van der Waals surface area contributed by atoms with Gasteiger partial charge in [0, 0.05) is 32.4 Å². The summed E-state index contributed by atoms with van der Waals surface area (Å²) in [5, 5.41) is 7.21. The second-order valence-electron chi connectivity index (χ2n) is 5.24. The molecule has 1 aliphatic carbocycles. The quantitative estimate of drug-likeness (QED) is 0.628. The zero-order chi connectivity index (χ0) is 15.3. The third kappa shape index (κ3) is 4.26. The first-order chi connectivity index (χ1) is 10.1. The lowest BCUT2D eigenvalue weighted by molar-refractivity contribution is 0.177. The molecule has 1 N–H and O–H groups in total. The van der Waals surface area contributed by atoms with Crippen LogP contribution in [-0.4, -0.2) is 62.4 Å². The lowest BCUT2D eigenvalue weighted by Gasteiger charge is -2.20. The standard InChI is InChI=1S/C13H24N4O3S/c1-14-6-3-7-16-11-13(10-15-16)21(18,19)17(8-9-20-2)12-4-5-12/h10-12,14H,3-9H2,1-2H3. The zero-order valence-electron chi connectivity index (χ0n) is 12.7. The fourth-order valence-electron chi connectivity index (χ4n) is 2.20. The molecule has 0 radical (unpaired) electrons. The monoisotopic (exact) mass is 316 g/mol. The molecule has 0 atom stereocenters. The van der Waals surface area contributed by atoms with Gasteiger partial charge in [0.1, 0.15) is 4.90 Å². The molecule has 7 nitrogen and oxygen atoms in total. The van der Waals surface area contributed by atoms with E-state index in [4.69, 9.17) is 4.74 Å². The Kier molecular flexibility index (Phi) is 5.74. The first-order valence-corrected chi connectivity index (χ1v) is 8.71. The normalized spacial score (nSPS) is 15.8. The average molecular weight is 316 g/mol. The Bertz CT molecular complexity index is 539. The minimum absolute atomic E-state index is 0.123. The second-order valence-corrected chi connectivity index (χ2v) is 7.13. The maximum atomic E-state index is 12.7. The summed E-state index contributed by atoms with van der Waals surface area (Å²) >= 11 is 0. The summed E-state index contributed by atoms with van der Waals surface area (Å²) in [7, 11) is 0.00655. The summed E-state index contributed by atoms with van der Waals surface area (Å²) in [5.41, 5.74) is 0. The Balaban J connectivity index is 2.06. The molecule has 1 aliphatic rings. The number of aryl methyl sites for hydroxylation is 1. The van der Waals surface area contributed by atoms with Gasteiger partial charge < -0.3 is 10.1 Å². The number of nitrogens with one attached hydrogen (secondary N) is 1. The fraction of sp³-hybridized carbons (Fsp3) is 0.769. The van der Waals surface area contributed by atoms with Crippen molar-refractivity contribution < 1.29 is 13.2 Å². The summed E-state index contributed by atoms with van der Waals surface area (Å²) in [6.45, 7) is 2.39. The first-order valence-electron chi connectivity index (χ1n) is 7.27. The summed E-state index contributed by atoms with van der Waals surface area (Å²) in [5.74, 6) is 0. The van der Waals surface area contributed by atoms with Crippen molar-refractivity contribution in [3.05, 3.63) is 12.4 Å². The highest BCUT2D eigenvalue weighted by Crippen LogP contribution is 2.31. The van der Waals surface area contributed by atoms with Crippen LogP contribution in [-0.2, 0) is 21.3 Å². The highest BCUT2D eigenvalue weighted by atomic mass is 32.2. The SMILES string of the molecule is CNCCCn1cc(S(=O)(=O)N(CCOC)C2CC2)cn1. The van der Waals surface area contributed by atoms with E-state index in [2.05, 4.69) is 10.4 Å². The molecule has 1 aromatic rings. The predicted molar refractivity (Wildman–Crippen MR) is 79.6 cm³/mol. The maximum Gasteiger partial charge on any atom is 0.246 e. The molecule has 0 aromatic carbocycles. The van der Waals surface area contributed by atoms with Crippen LogP contribution >= 0.6 is 0 Å². The lowest BCUT2D eigenvalue weighted by atomic mass is 10.4. The highest BCUT2D eigenvalue weighted by molar-refractivity contribution is 7.89. The van der Waals surface area contributed by atoms with Gasteiger partial charge in [0.25, 0.3) is 0 Å². The van der Waals surface area contributed by atoms with E-state index in [0.29, 0.717) is 19.7 Å². The number of rotatable bonds is 10. The van der Waals surface area contributed by atoms with Gasteiger partial charge in [-0.15, -0.1) is 0 Å². The topological polar surface area (TPSA) is 76.5 Å². The van der Waals surface area contributed by atoms with Crippen molar-refractivity contribution in [3.63, 3.8) is 0 Å². The van der Waals surface area contributed by atoms with Crippen molar-refractivity contribution in [1.29, 1.82) is 0 Å². The number of aromatic nitrogens is 2. The van der Waals surface area contributed by atoms with Crippen molar-refractivity contribution in [2.24, 2.45) is 0 Å². The maximum absolute atomic E-state index is 12.7. The van der Waals surface area contributed by atoms with Gasteiger partial charge in [-0.2, -0.15) is 9.40 Å². The van der Waals surface area contributed by atoms with Crippen LogP contribution in [0.5, 0.6) is 0 Å². The van der Waals surface area contributed by atoms with Crippen LogP contribution in [0.4, 0.5) is 0 Å². The molecule has 1 saturated carbocycles. The molecule has 0 saturated heterocycles. The molecule has 21 heavy (non-hydrogen) atoms. The van der Waals surface area contributed by atoms with Gasteiger partial charge in [0.2, 0.25) is 10.0 Å². The van der Waals surface area contributed by atoms with E-state index >= 15 is 0 Å². The van der Waals surface area contributed by atoms with Gasteiger partial charge in [-0.1, -0.05) is 0 Å². The Hall–Kier alpha value is -0.960. The summed E-state index contributed by atoms with van der Waals surface area (Å²) in [4.78, 5) is 0.273. The van der Waals surface area contributed by atoms with E-state index in [1.807, 2.05) is 7.05 Å². The minimum atomic E-state index is -3.47. The minimum Gasteiger partial charge on any atom is -0.383 e. The number of hydrogen-bond donors (Lipinski definition) is 1. The van der Waals surface area contributed by atoms with Crippen LogP contribution in [0.25, 0.3) is 0 Å². The third-order valence-corrected chi connectivity index (χ3v) is 5.40. The Labute approximate surface area is 126 Å². The van der Waals surface area contributed by atoms with E-state index < -0.39 is 10.0 Å². The van der Waals surface area contributed by atoms with Crippen molar-refractivity contribution in [1.82, 2.24) is 19.4 Å². The highest BCUT2D eigenvalue weighted by Gasteiger charge is 2.38. The molecule has 1 heterocycles. The van der Waals surface area contributed by atoms with E-state index in [1.165, 1.54) is 6.20 Å². The summed E-state index contributed by atoms with van der Waals surface area (Å²) in [6.07, 6.45) is 5.83. The van der Waals surface area contributed by atoms with Crippen molar-refractivity contribution in [2.45, 2.75) is 36.7 Å². The van der Waals surface area contributed by atoms with Crippen molar-refractivity contribution in [3.8, 4) is 0 Å². The second kappa shape index (κ2) is 7.35. The van der Waals surface area contributed by atoms with Crippen molar-refractivity contribution in [2.75, 3.05) is 33.9 Å². The Morgan fingerprint density at radius 3 is 2.90 bits per heavy atom. The van der Waals surface area contributed by atoms with Crippen LogP contribution in [0.3, 0.4) is 0 Å². The van der Waals surface area contributed by atoms with Gasteiger partial charge in [0.05, 0.1) is 12.8 Å². The number of ether oxygens (including phenoxy) is 1. The lowest BCUT2D eigenvalue weighted by Crippen LogP contribution is -2.35. The molecule has 0 bridgehead atoms. The van der Waals surface area contributed by atoms with Gasteiger partial charge in [-0.25, -0.2) is 8.42 Å². The van der Waals surface area contributed by atoms with E-state index in [0.717, 1.165) is 25.8 Å². The first kappa shape index (κ1) is 16.4. The van der Waals surface area contributed by atoms with Gasteiger partial charge in [-0.05, 0) is 32.9 Å². The zero-order valence-corrected chi connectivity index (χ0v) is 13.5. The van der Waals surface area contributed by atoms with E-state index in [-0.39, 0.29) is 10.9 Å². The van der Waals surface area contributed by atoms with E-state index in [1.54, 1.807) is 22.3 Å². The number of methoxy groups -OCH3 is 1. The molecular formula is C13H24N4O3S. The van der Waals surface area contributed by atoms with Crippen LogP contribution < -0.4 is 5.32 Å². The van der Waals surface area contributed by atoms with Crippen LogP contribution in [0.2, 0.25) is 0 Å². The molecule has 0 amide bonds. The molecule has 0 aliphatic heterocycles. The van der Waals surface area contributed by atoms with Crippen LogP contribution in [0.15, 0.2) is 17.3 Å². The summed E-state index contributed by atoms with van der Waals surface area (Å²) in [6, 6.07) is 0.123. The number of sulfonamides is 1. The van der Waals surface area contributed by atoms with Crippen LogP contribution in [0.1, 0.15) is 19.3 Å². The molecule has 0 unspecified atom stereocenters. The van der Waals surface area contributed by atoms with E-state index in [9.17, 15) is 8.42 Å². The van der Waals surface area contributed by atoms with Crippen LogP contribution in [0, 0.1) is 0 Å². The van der Waals surface area contributed by atoms with Gasteiger partial charge in [0.15, 0.2) is 0 Å². The molecule has 1 aromatic heterocycles. The largest absolute Gasteiger partial charge is 0.383 e. The summed E-state index contributed by atoms with van der Waals surface area (Å²) < 4.78 is 33.6. The van der Waals surface area contributed by atoms with Gasteiger partial charge >= 0.3 is 0 Å². The van der Waals surface area contributed by atoms with Crippen molar-refractivity contribution >= 4 is 10.0 Å². The molecule has 120 valence electrons. The van der Waals surface area contributed by atoms with Gasteiger partial charge in [-0.3, -0.25) is 4.68 Å². The Morgan fingerprint density at radius 2 is 2.29 bits per heavy atom. The average Bonchev–Trinajstić information content (AvgIpc) is 3.16. The fourth-order valence-corrected chi connectivity index (χ4v) is 3.82. The Morgan fingerprint density at radius 1 is 1.52 bits per heavy atom. The molecule has 2 rings (SSSR count). The molecule has 0 spiro atoms. The molecule has 1 fully saturated rings.